The molecule has 1 atom stereocenters. The molecule has 0 spiro atoms. The van der Waals surface area contributed by atoms with Gasteiger partial charge in [0.15, 0.2) is 0 Å². The number of nitrogens with one attached hydrogen (secondary N) is 1. The number of hydrogen-bond acceptors (Lipinski definition) is 4. The Morgan fingerprint density at radius 1 is 1.28 bits per heavy atom. The van der Waals surface area contributed by atoms with Crippen LogP contribution < -0.4 is 16.2 Å². The van der Waals surface area contributed by atoms with Crippen LogP contribution in [0.4, 0.5) is 17.2 Å². The summed E-state index contributed by atoms with van der Waals surface area (Å²) in [6.45, 7) is 2.22. The molecule has 4 nitrogen and oxygen atoms in total. The molecule has 1 aliphatic heterocycles. The van der Waals surface area contributed by atoms with E-state index in [0.29, 0.717) is 6.04 Å². The molecular formula is C14H16N4. The van der Waals surface area contributed by atoms with E-state index in [-0.39, 0.29) is 0 Å². The predicted octanol–water partition coefficient (Wildman–Crippen LogP) is 2.45. The zero-order valence-electron chi connectivity index (χ0n) is 10.3. The molecule has 1 aliphatic rings. The van der Waals surface area contributed by atoms with E-state index in [2.05, 4.69) is 46.5 Å². The maximum atomic E-state index is 5.35. The fraction of sp³-hybridized carbons (Fsp3) is 0.214. The molecule has 0 aliphatic carbocycles. The first kappa shape index (κ1) is 11.0. The fourth-order valence-electron chi connectivity index (χ4n) is 2.53. The molecule has 3 rings (SSSR count). The third-order valence-electron chi connectivity index (χ3n) is 3.37. The van der Waals surface area contributed by atoms with Crippen molar-refractivity contribution in [2.75, 3.05) is 10.3 Å². The molecule has 1 aromatic carbocycles. The van der Waals surface area contributed by atoms with Gasteiger partial charge in [-0.05, 0) is 37.1 Å². The Labute approximate surface area is 106 Å². The van der Waals surface area contributed by atoms with Crippen LogP contribution in [-0.2, 0) is 6.42 Å². The Morgan fingerprint density at radius 3 is 2.83 bits per heavy atom. The summed E-state index contributed by atoms with van der Waals surface area (Å²) >= 11 is 0. The number of nitrogens with two attached hydrogens (primary N) is 1. The van der Waals surface area contributed by atoms with Crippen LogP contribution in [0.2, 0.25) is 0 Å². The Bertz CT molecular complexity index is 550. The first-order valence-corrected chi connectivity index (χ1v) is 6.09. The summed E-state index contributed by atoms with van der Waals surface area (Å²) in [7, 11) is 0. The molecule has 0 saturated heterocycles. The lowest BCUT2D eigenvalue weighted by molar-refractivity contribution is 0.750. The van der Waals surface area contributed by atoms with Gasteiger partial charge in [-0.1, -0.05) is 18.2 Å². The number of benzene rings is 1. The van der Waals surface area contributed by atoms with Gasteiger partial charge in [0.05, 0.1) is 11.9 Å². The van der Waals surface area contributed by atoms with Crippen molar-refractivity contribution in [3.05, 3.63) is 48.2 Å². The number of fused-ring (bicyclic) bond motifs is 1. The van der Waals surface area contributed by atoms with Crippen LogP contribution in [0.15, 0.2) is 42.6 Å². The average molecular weight is 240 g/mol. The van der Waals surface area contributed by atoms with Gasteiger partial charge in [0.25, 0.3) is 0 Å². The zero-order valence-corrected chi connectivity index (χ0v) is 10.3. The van der Waals surface area contributed by atoms with Crippen molar-refractivity contribution in [2.24, 2.45) is 5.84 Å². The summed E-state index contributed by atoms with van der Waals surface area (Å²) in [5.74, 6) is 6.32. The van der Waals surface area contributed by atoms with Crippen molar-refractivity contribution in [3.63, 3.8) is 0 Å². The highest BCUT2D eigenvalue weighted by Gasteiger charge is 2.27. The maximum absolute atomic E-state index is 5.35. The van der Waals surface area contributed by atoms with Gasteiger partial charge >= 0.3 is 0 Å². The quantitative estimate of drug-likeness (QED) is 0.625. The largest absolute Gasteiger partial charge is 0.323 e. The molecule has 18 heavy (non-hydrogen) atoms. The number of hydrazine groups is 1. The molecule has 0 bridgehead atoms. The van der Waals surface area contributed by atoms with E-state index >= 15 is 0 Å². The highest BCUT2D eigenvalue weighted by Crippen LogP contribution is 2.37. The van der Waals surface area contributed by atoms with Crippen LogP contribution >= 0.6 is 0 Å². The molecule has 1 unspecified atom stereocenters. The van der Waals surface area contributed by atoms with E-state index in [1.54, 1.807) is 6.20 Å². The number of hydrogen-bond donors (Lipinski definition) is 2. The van der Waals surface area contributed by atoms with E-state index in [0.717, 1.165) is 17.9 Å². The number of pyridine rings is 1. The Hall–Kier alpha value is -2.07. The second-order valence-corrected chi connectivity index (χ2v) is 4.60. The van der Waals surface area contributed by atoms with Crippen LogP contribution in [0.3, 0.4) is 0 Å². The normalized spacial score (nSPS) is 17.7. The van der Waals surface area contributed by atoms with Gasteiger partial charge < -0.3 is 10.3 Å². The highest BCUT2D eigenvalue weighted by molar-refractivity contribution is 5.69. The van der Waals surface area contributed by atoms with E-state index in [9.17, 15) is 0 Å². The lowest BCUT2D eigenvalue weighted by atomic mass is 10.1. The third kappa shape index (κ3) is 1.71. The van der Waals surface area contributed by atoms with Crippen molar-refractivity contribution in [2.45, 2.75) is 19.4 Å². The lowest BCUT2D eigenvalue weighted by Crippen LogP contribution is -2.24. The first-order valence-electron chi connectivity index (χ1n) is 6.09. The van der Waals surface area contributed by atoms with Crippen molar-refractivity contribution in [1.29, 1.82) is 0 Å². The van der Waals surface area contributed by atoms with E-state index in [1.165, 1.54) is 11.3 Å². The lowest BCUT2D eigenvalue weighted by Gasteiger charge is -2.23. The van der Waals surface area contributed by atoms with Crippen molar-refractivity contribution >= 4 is 17.2 Å². The van der Waals surface area contributed by atoms with Gasteiger partial charge in [-0.2, -0.15) is 0 Å². The molecule has 2 aromatic rings. The van der Waals surface area contributed by atoms with Gasteiger partial charge in [0.2, 0.25) is 0 Å². The minimum atomic E-state index is 0.437. The number of nitrogens with zero attached hydrogens (tertiary/aromatic N) is 2. The minimum absolute atomic E-state index is 0.437. The number of nitrogen functional groups attached to an aromatic ring is 1. The molecule has 0 fully saturated rings. The molecule has 4 heteroatoms. The van der Waals surface area contributed by atoms with E-state index in [4.69, 9.17) is 5.84 Å². The third-order valence-corrected chi connectivity index (χ3v) is 3.37. The molecule has 92 valence electrons. The summed E-state index contributed by atoms with van der Waals surface area (Å²) in [6.07, 6.45) is 2.82. The van der Waals surface area contributed by atoms with E-state index < -0.39 is 0 Å². The smallest absolute Gasteiger partial charge is 0.133 e. The molecule has 0 radical (unpaired) electrons. The SMILES string of the molecule is CC1Cc2ccccc2N1c1ccc(NN)cn1. The van der Waals surface area contributed by atoms with Gasteiger partial charge in [-0.3, -0.25) is 5.84 Å². The monoisotopic (exact) mass is 240 g/mol. The second-order valence-electron chi connectivity index (χ2n) is 4.60. The Morgan fingerprint density at radius 2 is 2.11 bits per heavy atom. The van der Waals surface area contributed by atoms with Crippen molar-refractivity contribution in [3.8, 4) is 0 Å². The number of aromatic nitrogens is 1. The number of anilines is 3. The molecular weight excluding hydrogens is 224 g/mol. The van der Waals surface area contributed by atoms with Crippen LogP contribution in [0.5, 0.6) is 0 Å². The number of para-hydroxylation sites is 1. The summed E-state index contributed by atoms with van der Waals surface area (Å²) in [6, 6.07) is 12.9. The molecule has 0 amide bonds. The standard InChI is InChI=1S/C14H16N4/c1-10-8-11-4-2-3-5-13(11)18(10)14-7-6-12(17-15)9-16-14/h2-7,9-10,17H,8,15H2,1H3. The first-order chi connectivity index (χ1) is 8.79. The van der Waals surface area contributed by atoms with Crippen LogP contribution in [0, 0.1) is 0 Å². The van der Waals surface area contributed by atoms with Gasteiger partial charge in [0, 0.05) is 11.7 Å². The van der Waals surface area contributed by atoms with Gasteiger partial charge in [-0.15, -0.1) is 0 Å². The molecule has 0 saturated carbocycles. The van der Waals surface area contributed by atoms with Crippen LogP contribution in [0.1, 0.15) is 12.5 Å². The van der Waals surface area contributed by atoms with Crippen LogP contribution in [-0.4, -0.2) is 11.0 Å². The molecule has 1 aromatic heterocycles. The molecule has 2 heterocycles. The second kappa shape index (κ2) is 4.31. The summed E-state index contributed by atoms with van der Waals surface area (Å²) in [5, 5.41) is 0. The molecule has 3 N–H and O–H groups in total. The minimum Gasteiger partial charge on any atom is -0.323 e. The summed E-state index contributed by atoms with van der Waals surface area (Å²) in [4.78, 5) is 6.74. The highest BCUT2D eigenvalue weighted by atomic mass is 15.2. The Kier molecular flexibility index (Phi) is 2.64. The zero-order chi connectivity index (χ0) is 12.5. The van der Waals surface area contributed by atoms with Gasteiger partial charge in [0.1, 0.15) is 5.82 Å². The summed E-state index contributed by atoms with van der Waals surface area (Å²) in [5.41, 5.74) is 6.05. The summed E-state index contributed by atoms with van der Waals surface area (Å²) < 4.78 is 0. The fourth-order valence-corrected chi connectivity index (χ4v) is 2.53. The van der Waals surface area contributed by atoms with Gasteiger partial charge in [-0.25, -0.2) is 4.98 Å². The van der Waals surface area contributed by atoms with Crippen molar-refractivity contribution in [1.82, 2.24) is 4.98 Å². The predicted molar refractivity (Wildman–Crippen MR) is 73.8 cm³/mol. The topological polar surface area (TPSA) is 54.2 Å². The van der Waals surface area contributed by atoms with Crippen LogP contribution in [0.25, 0.3) is 0 Å². The Balaban J connectivity index is 2.00. The maximum Gasteiger partial charge on any atom is 0.133 e. The van der Waals surface area contributed by atoms with E-state index in [1.807, 2.05) is 12.1 Å². The van der Waals surface area contributed by atoms with Crippen molar-refractivity contribution < 1.29 is 0 Å². The number of rotatable bonds is 2. The average Bonchev–Trinajstić information content (AvgIpc) is 2.75.